The van der Waals surface area contributed by atoms with Crippen molar-refractivity contribution in [2.24, 2.45) is 0 Å². The van der Waals surface area contributed by atoms with Crippen LogP contribution in [0.25, 0.3) is 11.8 Å². The van der Waals surface area contributed by atoms with Gasteiger partial charge in [0.2, 0.25) is 0 Å². The number of hydrogen-bond acceptors (Lipinski definition) is 3. The molecule has 1 aromatic heterocycles. The molecule has 1 heterocycles. The van der Waals surface area contributed by atoms with Gasteiger partial charge in [-0.2, -0.15) is 5.10 Å². The molecule has 0 saturated carbocycles. The van der Waals surface area contributed by atoms with Crippen molar-refractivity contribution >= 4 is 23.0 Å². The number of para-hydroxylation sites is 1. The van der Waals surface area contributed by atoms with Crippen molar-refractivity contribution in [1.29, 1.82) is 0 Å². The predicted molar refractivity (Wildman–Crippen MR) is 75.7 cm³/mol. The zero-order chi connectivity index (χ0) is 12.8. The van der Waals surface area contributed by atoms with Crippen molar-refractivity contribution in [3.63, 3.8) is 0 Å². The van der Waals surface area contributed by atoms with Crippen LogP contribution in [0.3, 0.4) is 0 Å². The summed E-state index contributed by atoms with van der Waals surface area (Å²) < 4.78 is 1.83. The van der Waals surface area contributed by atoms with E-state index in [0.717, 1.165) is 11.3 Å². The number of aromatic nitrogens is 2. The monoisotopic (exact) mass is 258 g/mol. The average Bonchev–Trinajstić information content (AvgIpc) is 2.84. The van der Waals surface area contributed by atoms with E-state index in [2.05, 4.69) is 5.10 Å². The summed E-state index contributed by atoms with van der Waals surface area (Å²) in [5, 5.41) is 4.43. The first-order valence-electron chi connectivity index (χ1n) is 5.66. The van der Waals surface area contributed by atoms with E-state index in [0.29, 0.717) is 5.75 Å². The van der Waals surface area contributed by atoms with E-state index in [1.807, 2.05) is 59.6 Å². The molecule has 0 bridgehead atoms. The molecule has 2 aromatic rings. The van der Waals surface area contributed by atoms with Crippen LogP contribution < -0.4 is 0 Å². The molecule has 1 aromatic carbocycles. The molecule has 0 spiro atoms. The molecule has 0 aliphatic rings. The maximum Gasteiger partial charge on any atom is 0.186 e. The second-order valence-electron chi connectivity index (χ2n) is 3.76. The Kier molecular flexibility index (Phi) is 4.36. The Morgan fingerprint density at radius 1 is 1.39 bits per heavy atom. The summed E-state index contributed by atoms with van der Waals surface area (Å²) in [6.07, 6.45) is 7.72. The summed E-state index contributed by atoms with van der Waals surface area (Å²) in [6, 6.07) is 9.96. The molecule has 0 amide bonds. The molecule has 0 N–H and O–H groups in total. The highest BCUT2D eigenvalue weighted by Crippen LogP contribution is 2.09. The Morgan fingerprint density at radius 2 is 2.17 bits per heavy atom. The van der Waals surface area contributed by atoms with Crippen molar-refractivity contribution in [3.05, 3.63) is 54.4 Å². The van der Waals surface area contributed by atoms with Gasteiger partial charge in [-0.15, -0.1) is 0 Å². The van der Waals surface area contributed by atoms with Crippen molar-refractivity contribution in [2.45, 2.75) is 6.92 Å². The molecule has 2 rings (SSSR count). The number of nitrogens with zero attached hydrogens (tertiary/aromatic N) is 2. The van der Waals surface area contributed by atoms with Crippen LogP contribution in [-0.2, 0) is 4.79 Å². The Morgan fingerprint density at radius 3 is 2.89 bits per heavy atom. The number of carbonyl (C=O) groups excluding carboxylic acids is 1. The van der Waals surface area contributed by atoms with Crippen LogP contribution in [0.2, 0.25) is 0 Å². The van der Waals surface area contributed by atoms with Gasteiger partial charge in [0.05, 0.1) is 11.9 Å². The molecule has 4 heteroatoms. The Hall–Kier alpha value is -1.81. The molecular formula is C14H14N2OS. The summed E-state index contributed by atoms with van der Waals surface area (Å²) in [6.45, 7) is 1.58. The van der Waals surface area contributed by atoms with E-state index >= 15 is 0 Å². The van der Waals surface area contributed by atoms with E-state index < -0.39 is 0 Å². The first-order chi connectivity index (χ1) is 8.75. The number of rotatable bonds is 4. The van der Waals surface area contributed by atoms with Gasteiger partial charge in [-0.3, -0.25) is 4.79 Å². The molecule has 0 fully saturated rings. The fraction of sp³-hybridized carbons (Fsp3) is 0.143. The van der Waals surface area contributed by atoms with Gasteiger partial charge in [-0.25, -0.2) is 4.68 Å². The molecule has 3 nitrogen and oxygen atoms in total. The van der Waals surface area contributed by atoms with Gasteiger partial charge in [0.25, 0.3) is 0 Å². The third-order valence-electron chi connectivity index (χ3n) is 2.32. The van der Waals surface area contributed by atoms with E-state index in [-0.39, 0.29) is 5.12 Å². The lowest BCUT2D eigenvalue weighted by Crippen LogP contribution is -1.92. The molecule has 0 unspecified atom stereocenters. The van der Waals surface area contributed by atoms with Crippen LogP contribution >= 0.6 is 11.8 Å². The lowest BCUT2D eigenvalue weighted by molar-refractivity contribution is -0.109. The van der Waals surface area contributed by atoms with Crippen molar-refractivity contribution in [3.8, 4) is 5.69 Å². The van der Waals surface area contributed by atoms with Crippen LogP contribution in [0, 0.1) is 0 Å². The topological polar surface area (TPSA) is 34.9 Å². The number of hydrogen-bond donors (Lipinski definition) is 0. The Balaban J connectivity index is 2.00. The third-order valence-corrected chi connectivity index (χ3v) is 3.08. The SMILES string of the molecule is CC(=O)SCC=Cc1cnn(-c2ccccc2)c1. The van der Waals surface area contributed by atoms with Crippen molar-refractivity contribution < 1.29 is 4.79 Å². The molecule has 0 aliphatic heterocycles. The fourth-order valence-corrected chi connectivity index (χ4v) is 1.92. The number of benzene rings is 1. The van der Waals surface area contributed by atoms with E-state index in [9.17, 15) is 4.79 Å². The van der Waals surface area contributed by atoms with Gasteiger partial charge in [0, 0.05) is 24.4 Å². The van der Waals surface area contributed by atoms with Crippen molar-refractivity contribution in [1.82, 2.24) is 9.78 Å². The Bertz CT molecular complexity index is 546. The highest BCUT2D eigenvalue weighted by molar-refractivity contribution is 8.13. The van der Waals surface area contributed by atoms with Crippen LogP contribution in [0.15, 0.2) is 48.8 Å². The van der Waals surface area contributed by atoms with Crippen LogP contribution in [0.5, 0.6) is 0 Å². The van der Waals surface area contributed by atoms with Crippen LogP contribution in [-0.4, -0.2) is 20.6 Å². The summed E-state index contributed by atoms with van der Waals surface area (Å²) in [5.41, 5.74) is 2.07. The maximum absolute atomic E-state index is 10.8. The van der Waals surface area contributed by atoms with E-state index in [1.165, 1.54) is 11.8 Å². The molecule has 0 aliphatic carbocycles. The minimum Gasteiger partial charge on any atom is -0.288 e. The molecule has 18 heavy (non-hydrogen) atoms. The van der Waals surface area contributed by atoms with Gasteiger partial charge in [-0.1, -0.05) is 42.1 Å². The first-order valence-corrected chi connectivity index (χ1v) is 6.64. The summed E-state index contributed by atoms with van der Waals surface area (Å²) in [5.74, 6) is 0.700. The zero-order valence-corrected chi connectivity index (χ0v) is 10.9. The molecule has 0 saturated heterocycles. The third kappa shape index (κ3) is 3.60. The summed E-state index contributed by atoms with van der Waals surface area (Å²) in [7, 11) is 0. The largest absolute Gasteiger partial charge is 0.288 e. The number of carbonyl (C=O) groups is 1. The normalized spacial score (nSPS) is 10.9. The maximum atomic E-state index is 10.8. The van der Waals surface area contributed by atoms with Gasteiger partial charge in [0.15, 0.2) is 5.12 Å². The molecule has 92 valence electrons. The van der Waals surface area contributed by atoms with Gasteiger partial charge < -0.3 is 0 Å². The van der Waals surface area contributed by atoms with Crippen LogP contribution in [0.1, 0.15) is 12.5 Å². The lowest BCUT2D eigenvalue weighted by atomic mass is 10.3. The van der Waals surface area contributed by atoms with Crippen molar-refractivity contribution in [2.75, 3.05) is 5.75 Å². The van der Waals surface area contributed by atoms with E-state index in [4.69, 9.17) is 0 Å². The summed E-state index contributed by atoms with van der Waals surface area (Å²) >= 11 is 1.30. The second-order valence-corrected chi connectivity index (χ2v) is 4.96. The van der Waals surface area contributed by atoms with Gasteiger partial charge >= 0.3 is 0 Å². The Labute approximate surface area is 111 Å². The first kappa shape index (κ1) is 12.6. The predicted octanol–water partition coefficient (Wildman–Crippen LogP) is 3.17. The molecule has 0 atom stereocenters. The van der Waals surface area contributed by atoms with Crippen LogP contribution in [0.4, 0.5) is 0 Å². The molecular weight excluding hydrogens is 244 g/mol. The smallest absolute Gasteiger partial charge is 0.186 e. The molecule has 0 radical (unpaired) electrons. The highest BCUT2D eigenvalue weighted by atomic mass is 32.2. The van der Waals surface area contributed by atoms with Gasteiger partial charge in [-0.05, 0) is 12.1 Å². The lowest BCUT2D eigenvalue weighted by Gasteiger charge is -1.98. The minimum atomic E-state index is 0.139. The average molecular weight is 258 g/mol. The van der Waals surface area contributed by atoms with E-state index in [1.54, 1.807) is 6.92 Å². The standard InChI is InChI=1S/C14H14N2OS/c1-12(17)18-9-5-6-13-10-15-16(11-13)14-7-3-2-4-8-14/h2-8,10-11H,9H2,1H3. The minimum absolute atomic E-state index is 0.139. The quantitative estimate of drug-likeness (QED) is 0.845. The number of thioether (sulfide) groups is 1. The van der Waals surface area contributed by atoms with Gasteiger partial charge in [0.1, 0.15) is 0 Å². The zero-order valence-electron chi connectivity index (χ0n) is 10.1. The summed E-state index contributed by atoms with van der Waals surface area (Å²) in [4.78, 5) is 10.8. The second kappa shape index (κ2) is 6.21. The fourth-order valence-electron chi connectivity index (χ4n) is 1.49. The highest BCUT2D eigenvalue weighted by Gasteiger charge is 1.97.